The molecular formula is C15H14ClNO3. The van der Waals surface area contributed by atoms with Gasteiger partial charge < -0.3 is 15.2 Å². The number of hydrogen-bond acceptors (Lipinski definition) is 4. The van der Waals surface area contributed by atoms with Crippen LogP contribution >= 0.6 is 11.6 Å². The van der Waals surface area contributed by atoms with Crippen LogP contribution < -0.4 is 10.5 Å². The number of anilines is 1. The van der Waals surface area contributed by atoms with E-state index in [9.17, 15) is 4.79 Å². The second-order valence-corrected chi connectivity index (χ2v) is 4.42. The van der Waals surface area contributed by atoms with Gasteiger partial charge in [0, 0.05) is 5.69 Å². The van der Waals surface area contributed by atoms with E-state index >= 15 is 0 Å². The number of esters is 1. The lowest BCUT2D eigenvalue weighted by atomic mass is 10.2. The quantitative estimate of drug-likeness (QED) is 0.686. The number of hydrogen-bond donors (Lipinski definition) is 1. The van der Waals surface area contributed by atoms with Gasteiger partial charge in [0.2, 0.25) is 0 Å². The molecular weight excluding hydrogens is 278 g/mol. The topological polar surface area (TPSA) is 61.5 Å². The molecule has 104 valence electrons. The van der Waals surface area contributed by atoms with Crippen molar-refractivity contribution >= 4 is 23.3 Å². The standard InChI is InChI=1S/C15H14ClNO3/c1-2-19-15(18)11-9-10(17)7-8-13(11)20-14-6-4-3-5-12(14)16/h3-9H,2,17H2,1H3. The van der Waals surface area contributed by atoms with E-state index in [2.05, 4.69) is 0 Å². The Labute approximate surface area is 122 Å². The first-order chi connectivity index (χ1) is 9.61. The van der Waals surface area contributed by atoms with Crippen LogP contribution in [0, 0.1) is 0 Å². The van der Waals surface area contributed by atoms with Gasteiger partial charge in [-0.1, -0.05) is 23.7 Å². The third-order valence-electron chi connectivity index (χ3n) is 2.56. The summed E-state index contributed by atoms with van der Waals surface area (Å²) in [5.41, 5.74) is 6.42. The van der Waals surface area contributed by atoms with Crippen LogP contribution in [0.5, 0.6) is 11.5 Å². The number of carbonyl (C=O) groups excluding carboxylic acids is 1. The summed E-state index contributed by atoms with van der Waals surface area (Å²) >= 11 is 6.03. The molecule has 2 N–H and O–H groups in total. The molecule has 0 aliphatic heterocycles. The predicted octanol–water partition coefficient (Wildman–Crippen LogP) is 3.89. The van der Waals surface area contributed by atoms with Crippen LogP contribution in [0.4, 0.5) is 5.69 Å². The minimum atomic E-state index is -0.484. The van der Waals surface area contributed by atoms with E-state index in [1.807, 2.05) is 0 Å². The van der Waals surface area contributed by atoms with Crippen LogP contribution in [0.15, 0.2) is 42.5 Å². The van der Waals surface area contributed by atoms with Crippen molar-refractivity contribution in [2.24, 2.45) is 0 Å². The number of halogens is 1. The van der Waals surface area contributed by atoms with Crippen LogP contribution in [0.3, 0.4) is 0 Å². The van der Waals surface area contributed by atoms with Gasteiger partial charge >= 0.3 is 5.97 Å². The Morgan fingerprint density at radius 3 is 2.65 bits per heavy atom. The number of rotatable bonds is 4. The molecule has 0 atom stereocenters. The second-order valence-electron chi connectivity index (χ2n) is 4.01. The molecule has 0 aliphatic rings. The fourth-order valence-electron chi connectivity index (χ4n) is 1.65. The van der Waals surface area contributed by atoms with Crippen molar-refractivity contribution in [3.8, 4) is 11.5 Å². The highest BCUT2D eigenvalue weighted by Crippen LogP contribution is 2.32. The number of nitrogen functional groups attached to an aromatic ring is 1. The van der Waals surface area contributed by atoms with Gasteiger partial charge in [-0.15, -0.1) is 0 Å². The van der Waals surface area contributed by atoms with Gasteiger partial charge in [0.1, 0.15) is 17.1 Å². The third-order valence-corrected chi connectivity index (χ3v) is 2.87. The summed E-state index contributed by atoms with van der Waals surface area (Å²) in [4.78, 5) is 11.9. The molecule has 2 aromatic carbocycles. The van der Waals surface area contributed by atoms with Gasteiger partial charge in [-0.3, -0.25) is 0 Å². The molecule has 0 aromatic heterocycles. The number of ether oxygens (including phenoxy) is 2. The molecule has 0 heterocycles. The molecule has 0 fully saturated rings. The van der Waals surface area contributed by atoms with Crippen molar-refractivity contribution in [3.63, 3.8) is 0 Å². The Morgan fingerprint density at radius 1 is 1.20 bits per heavy atom. The summed E-state index contributed by atoms with van der Waals surface area (Å²) < 4.78 is 10.7. The summed E-state index contributed by atoms with van der Waals surface area (Å²) in [5, 5.41) is 0.458. The lowest BCUT2D eigenvalue weighted by Crippen LogP contribution is -2.07. The maximum absolute atomic E-state index is 11.9. The lowest BCUT2D eigenvalue weighted by Gasteiger charge is -2.12. The number of carbonyl (C=O) groups is 1. The van der Waals surface area contributed by atoms with Crippen LogP contribution in [-0.4, -0.2) is 12.6 Å². The zero-order valence-corrected chi connectivity index (χ0v) is 11.7. The average molecular weight is 292 g/mol. The average Bonchev–Trinajstić information content (AvgIpc) is 2.43. The Balaban J connectivity index is 2.36. The first-order valence-electron chi connectivity index (χ1n) is 6.11. The number of benzene rings is 2. The third kappa shape index (κ3) is 3.22. The molecule has 2 aromatic rings. The van der Waals surface area contributed by atoms with Crippen molar-refractivity contribution < 1.29 is 14.3 Å². The van der Waals surface area contributed by atoms with Gasteiger partial charge in [0.25, 0.3) is 0 Å². The van der Waals surface area contributed by atoms with Gasteiger partial charge in [-0.25, -0.2) is 4.79 Å². The van der Waals surface area contributed by atoms with Crippen molar-refractivity contribution in [3.05, 3.63) is 53.1 Å². The first kappa shape index (κ1) is 14.2. The molecule has 2 rings (SSSR count). The maximum Gasteiger partial charge on any atom is 0.342 e. The van der Waals surface area contributed by atoms with E-state index in [1.54, 1.807) is 43.3 Å². The fourth-order valence-corrected chi connectivity index (χ4v) is 1.83. The molecule has 0 saturated carbocycles. The molecule has 0 aliphatic carbocycles. The molecule has 0 bridgehead atoms. The molecule has 4 nitrogen and oxygen atoms in total. The lowest BCUT2D eigenvalue weighted by molar-refractivity contribution is 0.0523. The van der Waals surface area contributed by atoms with E-state index in [4.69, 9.17) is 26.8 Å². The zero-order chi connectivity index (χ0) is 14.5. The maximum atomic E-state index is 11.9. The van der Waals surface area contributed by atoms with E-state index in [0.29, 0.717) is 22.2 Å². The summed E-state index contributed by atoms with van der Waals surface area (Å²) in [6.45, 7) is 2.01. The molecule has 20 heavy (non-hydrogen) atoms. The molecule has 0 spiro atoms. The van der Waals surface area contributed by atoms with Crippen LogP contribution in [-0.2, 0) is 4.74 Å². The Morgan fingerprint density at radius 2 is 1.95 bits per heavy atom. The number of para-hydroxylation sites is 1. The Bertz CT molecular complexity index is 628. The van der Waals surface area contributed by atoms with Gasteiger partial charge in [-0.2, -0.15) is 0 Å². The van der Waals surface area contributed by atoms with Crippen LogP contribution in [0.25, 0.3) is 0 Å². The predicted molar refractivity (Wildman–Crippen MR) is 78.3 cm³/mol. The minimum absolute atomic E-state index is 0.270. The van der Waals surface area contributed by atoms with Gasteiger partial charge in [0.05, 0.1) is 11.6 Å². The monoisotopic (exact) mass is 291 g/mol. The van der Waals surface area contributed by atoms with Crippen molar-refractivity contribution in [2.45, 2.75) is 6.92 Å². The van der Waals surface area contributed by atoms with Crippen molar-refractivity contribution in [1.29, 1.82) is 0 Å². The van der Waals surface area contributed by atoms with Crippen LogP contribution in [0.2, 0.25) is 5.02 Å². The number of nitrogens with two attached hydrogens (primary N) is 1. The second kappa shape index (κ2) is 6.30. The van der Waals surface area contributed by atoms with E-state index in [0.717, 1.165) is 0 Å². The smallest absolute Gasteiger partial charge is 0.342 e. The molecule has 0 unspecified atom stereocenters. The Hall–Kier alpha value is -2.20. The van der Waals surface area contributed by atoms with E-state index < -0.39 is 5.97 Å². The molecule has 0 saturated heterocycles. The van der Waals surface area contributed by atoms with Gasteiger partial charge in [0.15, 0.2) is 0 Å². The Kier molecular flexibility index (Phi) is 4.48. The summed E-state index contributed by atoms with van der Waals surface area (Å²) in [5.74, 6) is 0.331. The van der Waals surface area contributed by atoms with Crippen molar-refractivity contribution in [2.75, 3.05) is 12.3 Å². The molecule has 0 amide bonds. The normalized spacial score (nSPS) is 10.1. The highest BCUT2D eigenvalue weighted by Gasteiger charge is 2.15. The fraction of sp³-hybridized carbons (Fsp3) is 0.133. The van der Waals surface area contributed by atoms with E-state index in [-0.39, 0.29) is 12.2 Å². The highest BCUT2D eigenvalue weighted by molar-refractivity contribution is 6.32. The molecule has 5 heteroatoms. The SMILES string of the molecule is CCOC(=O)c1cc(N)ccc1Oc1ccccc1Cl. The van der Waals surface area contributed by atoms with E-state index in [1.165, 1.54) is 6.07 Å². The summed E-state index contributed by atoms with van der Waals surface area (Å²) in [6, 6.07) is 11.8. The first-order valence-corrected chi connectivity index (χ1v) is 6.48. The largest absolute Gasteiger partial charge is 0.462 e. The zero-order valence-electron chi connectivity index (χ0n) is 10.9. The minimum Gasteiger partial charge on any atom is -0.462 e. The summed E-state index contributed by atoms with van der Waals surface area (Å²) in [6.07, 6.45) is 0. The van der Waals surface area contributed by atoms with Crippen LogP contribution in [0.1, 0.15) is 17.3 Å². The molecule has 0 radical (unpaired) electrons. The highest BCUT2D eigenvalue weighted by atomic mass is 35.5. The summed E-state index contributed by atoms with van der Waals surface area (Å²) in [7, 11) is 0. The van der Waals surface area contributed by atoms with Crippen molar-refractivity contribution in [1.82, 2.24) is 0 Å². The van der Waals surface area contributed by atoms with Gasteiger partial charge in [-0.05, 0) is 37.3 Å².